The Bertz CT molecular complexity index is 654. The van der Waals surface area contributed by atoms with Gasteiger partial charge in [-0.15, -0.1) is 0 Å². The zero-order valence-corrected chi connectivity index (χ0v) is 15.8. The first-order chi connectivity index (χ1) is 12.9. The minimum atomic E-state index is -0.955. The van der Waals surface area contributed by atoms with Crippen LogP contribution < -0.4 is 10.1 Å². The molecule has 0 aliphatic carbocycles. The van der Waals surface area contributed by atoms with E-state index in [4.69, 9.17) is 9.84 Å². The van der Waals surface area contributed by atoms with E-state index in [1.807, 2.05) is 24.3 Å². The number of hydrogen-bond donors (Lipinski definition) is 2. The highest BCUT2D eigenvalue weighted by atomic mass is 16.5. The molecule has 1 aromatic carbocycles. The molecule has 1 saturated heterocycles. The minimum Gasteiger partial charge on any atom is -0.481 e. The van der Waals surface area contributed by atoms with Crippen LogP contribution >= 0.6 is 0 Å². The van der Waals surface area contributed by atoms with Crippen molar-refractivity contribution >= 4 is 17.9 Å². The number of carboxylic acids is 1. The van der Waals surface area contributed by atoms with Gasteiger partial charge in [-0.05, 0) is 31.0 Å². The Morgan fingerprint density at radius 2 is 1.70 bits per heavy atom. The van der Waals surface area contributed by atoms with Gasteiger partial charge in [0, 0.05) is 32.7 Å². The van der Waals surface area contributed by atoms with Gasteiger partial charge >= 0.3 is 12.0 Å². The van der Waals surface area contributed by atoms with Crippen molar-refractivity contribution in [3.63, 3.8) is 0 Å². The largest absolute Gasteiger partial charge is 0.481 e. The second kappa shape index (κ2) is 9.80. The van der Waals surface area contributed by atoms with Crippen LogP contribution in [0, 0.1) is 0 Å². The first-order valence-electron chi connectivity index (χ1n) is 9.19. The van der Waals surface area contributed by atoms with Gasteiger partial charge in [0.2, 0.25) is 0 Å². The molecule has 0 saturated carbocycles. The fourth-order valence-corrected chi connectivity index (χ4v) is 2.83. The average molecular weight is 377 g/mol. The summed E-state index contributed by atoms with van der Waals surface area (Å²) in [4.78, 5) is 38.3. The number of carbonyl (C=O) groups is 3. The van der Waals surface area contributed by atoms with Gasteiger partial charge in [0.1, 0.15) is 5.75 Å². The third-order valence-corrected chi connectivity index (χ3v) is 4.49. The van der Waals surface area contributed by atoms with Crippen LogP contribution in [-0.2, 0) is 16.0 Å². The summed E-state index contributed by atoms with van der Waals surface area (Å²) >= 11 is 0. The Hall–Kier alpha value is -2.77. The molecule has 1 heterocycles. The quantitative estimate of drug-likeness (QED) is 0.747. The number of carboxylic acid groups (broad SMARTS) is 1. The van der Waals surface area contributed by atoms with Crippen LogP contribution in [-0.4, -0.2) is 71.6 Å². The van der Waals surface area contributed by atoms with Gasteiger partial charge in [0.15, 0.2) is 6.10 Å². The maximum atomic E-state index is 12.6. The molecule has 8 heteroatoms. The van der Waals surface area contributed by atoms with Gasteiger partial charge in [-0.25, -0.2) is 4.79 Å². The Kier molecular flexibility index (Phi) is 7.45. The van der Waals surface area contributed by atoms with E-state index in [0.717, 1.165) is 6.42 Å². The summed E-state index contributed by atoms with van der Waals surface area (Å²) < 4.78 is 5.74. The number of amides is 3. The lowest BCUT2D eigenvalue weighted by molar-refractivity contribution is -0.139. The Balaban J connectivity index is 1.77. The lowest BCUT2D eigenvalue weighted by Gasteiger charge is -2.35. The van der Waals surface area contributed by atoms with Crippen molar-refractivity contribution in [1.82, 2.24) is 15.1 Å². The molecule has 1 aliphatic heterocycles. The van der Waals surface area contributed by atoms with Crippen molar-refractivity contribution in [3.8, 4) is 5.75 Å². The van der Waals surface area contributed by atoms with Crippen molar-refractivity contribution < 1.29 is 24.2 Å². The molecule has 1 aromatic rings. The van der Waals surface area contributed by atoms with Crippen LogP contribution in [0.5, 0.6) is 5.75 Å². The molecule has 2 N–H and O–H groups in total. The number of nitrogens with one attached hydrogen (secondary N) is 1. The maximum absolute atomic E-state index is 12.6. The number of carbonyl (C=O) groups excluding carboxylic acids is 2. The zero-order valence-electron chi connectivity index (χ0n) is 15.8. The highest BCUT2D eigenvalue weighted by molar-refractivity contribution is 5.81. The third-order valence-electron chi connectivity index (χ3n) is 4.49. The van der Waals surface area contributed by atoms with Crippen LogP contribution in [0.15, 0.2) is 24.3 Å². The molecule has 0 aromatic heterocycles. The van der Waals surface area contributed by atoms with E-state index in [1.165, 1.54) is 5.56 Å². The number of benzene rings is 1. The number of piperazine rings is 1. The van der Waals surface area contributed by atoms with Crippen molar-refractivity contribution in [2.24, 2.45) is 0 Å². The molecule has 1 fully saturated rings. The van der Waals surface area contributed by atoms with E-state index < -0.39 is 12.1 Å². The zero-order chi connectivity index (χ0) is 19.8. The van der Waals surface area contributed by atoms with Gasteiger partial charge in [0.05, 0.1) is 6.42 Å². The number of hydrogen-bond acceptors (Lipinski definition) is 4. The molecule has 3 amide bonds. The molecule has 0 spiro atoms. The van der Waals surface area contributed by atoms with Crippen molar-refractivity contribution in [3.05, 3.63) is 29.8 Å². The van der Waals surface area contributed by atoms with Gasteiger partial charge in [-0.2, -0.15) is 0 Å². The van der Waals surface area contributed by atoms with Crippen LogP contribution in [0.4, 0.5) is 4.79 Å². The molecule has 2 rings (SSSR count). The van der Waals surface area contributed by atoms with E-state index in [1.54, 1.807) is 16.7 Å². The summed E-state index contributed by atoms with van der Waals surface area (Å²) in [5, 5.41) is 11.2. The van der Waals surface area contributed by atoms with Crippen LogP contribution in [0.2, 0.25) is 0 Å². The van der Waals surface area contributed by atoms with Gasteiger partial charge in [0.25, 0.3) is 5.91 Å². The monoisotopic (exact) mass is 377 g/mol. The molecule has 1 aliphatic rings. The second-order valence-corrected chi connectivity index (χ2v) is 6.45. The summed E-state index contributed by atoms with van der Waals surface area (Å²) in [5.41, 5.74) is 1.21. The molecule has 0 bridgehead atoms. The predicted octanol–water partition coefficient (Wildman–Crippen LogP) is 1.34. The molecule has 0 radical (unpaired) electrons. The molecule has 8 nitrogen and oxygen atoms in total. The Labute approximate surface area is 159 Å². The molecular weight excluding hydrogens is 350 g/mol. The number of aryl methyl sites for hydroxylation is 1. The van der Waals surface area contributed by atoms with Gasteiger partial charge < -0.3 is 25.0 Å². The topological polar surface area (TPSA) is 99.2 Å². The van der Waals surface area contributed by atoms with Crippen molar-refractivity contribution in [1.29, 1.82) is 0 Å². The third kappa shape index (κ3) is 6.16. The van der Waals surface area contributed by atoms with E-state index in [-0.39, 0.29) is 24.9 Å². The molecule has 1 atom stereocenters. The normalized spacial score (nSPS) is 15.2. The summed E-state index contributed by atoms with van der Waals surface area (Å²) in [6, 6.07) is 7.38. The minimum absolute atomic E-state index is 0.0923. The molecule has 1 unspecified atom stereocenters. The van der Waals surface area contributed by atoms with E-state index >= 15 is 0 Å². The second-order valence-electron chi connectivity index (χ2n) is 6.45. The Morgan fingerprint density at radius 3 is 2.26 bits per heavy atom. The summed E-state index contributed by atoms with van der Waals surface area (Å²) in [6.07, 6.45) is 0.231. The van der Waals surface area contributed by atoms with E-state index in [0.29, 0.717) is 31.9 Å². The van der Waals surface area contributed by atoms with Crippen molar-refractivity contribution in [2.75, 3.05) is 32.7 Å². The lowest BCUT2D eigenvalue weighted by Crippen LogP contribution is -2.55. The van der Waals surface area contributed by atoms with Crippen LogP contribution in [0.25, 0.3) is 0 Å². The van der Waals surface area contributed by atoms with Gasteiger partial charge in [-0.3, -0.25) is 9.59 Å². The number of nitrogens with zero attached hydrogens (tertiary/aromatic N) is 2. The first-order valence-corrected chi connectivity index (χ1v) is 9.19. The molecule has 27 heavy (non-hydrogen) atoms. The number of urea groups is 1. The number of rotatable bonds is 7. The van der Waals surface area contributed by atoms with E-state index in [9.17, 15) is 14.4 Å². The number of ether oxygens (including phenoxy) is 1. The first kappa shape index (κ1) is 20.5. The SMILES string of the molecule is CCc1ccc(OC(C)C(=O)N2CCN(C(=O)NCCC(=O)O)CC2)cc1. The summed E-state index contributed by atoms with van der Waals surface area (Å²) in [5.74, 6) is -0.408. The summed E-state index contributed by atoms with van der Waals surface area (Å²) in [6.45, 7) is 5.55. The number of aliphatic carboxylic acids is 1. The van der Waals surface area contributed by atoms with Gasteiger partial charge in [-0.1, -0.05) is 19.1 Å². The lowest BCUT2D eigenvalue weighted by atomic mass is 10.2. The predicted molar refractivity (Wildman–Crippen MR) is 99.7 cm³/mol. The fraction of sp³-hybridized carbons (Fsp3) is 0.526. The highest BCUT2D eigenvalue weighted by Crippen LogP contribution is 2.15. The molecular formula is C19H27N3O5. The Morgan fingerprint density at radius 1 is 1.11 bits per heavy atom. The highest BCUT2D eigenvalue weighted by Gasteiger charge is 2.27. The van der Waals surface area contributed by atoms with E-state index in [2.05, 4.69) is 12.2 Å². The molecule has 148 valence electrons. The van der Waals surface area contributed by atoms with Crippen LogP contribution in [0.1, 0.15) is 25.8 Å². The smallest absolute Gasteiger partial charge is 0.317 e. The van der Waals surface area contributed by atoms with Crippen molar-refractivity contribution in [2.45, 2.75) is 32.8 Å². The van der Waals surface area contributed by atoms with Crippen LogP contribution in [0.3, 0.4) is 0 Å². The standard InChI is InChI=1S/C19H27N3O5/c1-3-15-4-6-16(7-5-15)27-14(2)18(25)21-10-12-22(13-11-21)19(26)20-9-8-17(23)24/h4-7,14H,3,8-13H2,1-2H3,(H,20,26)(H,23,24). The maximum Gasteiger partial charge on any atom is 0.317 e. The fourth-order valence-electron chi connectivity index (χ4n) is 2.83. The average Bonchev–Trinajstić information content (AvgIpc) is 2.67. The summed E-state index contributed by atoms with van der Waals surface area (Å²) in [7, 11) is 0.